The molecule has 0 aliphatic rings. The van der Waals surface area contributed by atoms with Crippen LogP contribution in [0.4, 0.5) is 4.79 Å². The van der Waals surface area contributed by atoms with Gasteiger partial charge in [-0.15, -0.1) is 0 Å². The quantitative estimate of drug-likeness (QED) is 0.467. The van der Waals surface area contributed by atoms with E-state index in [0.29, 0.717) is 54.5 Å². The predicted octanol–water partition coefficient (Wildman–Crippen LogP) is 2.78. The van der Waals surface area contributed by atoms with E-state index in [9.17, 15) is 9.90 Å². The van der Waals surface area contributed by atoms with E-state index in [2.05, 4.69) is 0 Å². The van der Waals surface area contributed by atoms with Gasteiger partial charge in [0, 0.05) is 26.2 Å². The second-order valence-electron chi connectivity index (χ2n) is 7.23. The van der Waals surface area contributed by atoms with Crippen LogP contribution < -0.4 is 24.7 Å². The van der Waals surface area contributed by atoms with Gasteiger partial charge in [0.2, 0.25) is 0 Å². The summed E-state index contributed by atoms with van der Waals surface area (Å²) in [5.74, 6) is 2.35. The first-order valence-corrected chi connectivity index (χ1v) is 10.7. The summed E-state index contributed by atoms with van der Waals surface area (Å²) in [7, 11) is 6.25. The monoisotopic (exact) mass is 462 g/mol. The molecule has 0 radical (unpaired) electrons. The van der Waals surface area contributed by atoms with E-state index in [1.165, 1.54) is 7.11 Å². The van der Waals surface area contributed by atoms with Gasteiger partial charge in [0.15, 0.2) is 23.0 Å². The second kappa shape index (κ2) is 13.4. The molecule has 2 aromatic rings. The van der Waals surface area contributed by atoms with Gasteiger partial charge < -0.3 is 39.4 Å². The molecular weight excluding hydrogens is 428 g/mol. The average Bonchev–Trinajstić information content (AvgIpc) is 2.86. The Morgan fingerprint density at radius 1 is 0.909 bits per heavy atom. The van der Waals surface area contributed by atoms with Crippen LogP contribution in [-0.2, 0) is 11.2 Å². The van der Waals surface area contributed by atoms with Crippen LogP contribution in [0.1, 0.15) is 23.7 Å². The van der Waals surface area contributed by atoms with Crippen molar-refractivity contribution in [1.82, 2.24) is 4.90 Å². The number of ether oxygens (including phenoxy) is 5. The van der Waals surface area contributed by atoms with Crippen LogP contribution in [0.15, 0.2) is 36.4 Å². The summed E-state index contributed by atoms with van der Waals surface area (Å²) in [4.78, 5) is 14.5. The van der Waals surface area contributed by atoms with Gasteiger partial charge in [0.05, 0.1) is 28.4 Å². The second-order valence-corrected chi connectivity index (χ2v) is 7.23. The summed E-state index contributed by atoms with van der Waals surface area (Å²) in [6.07, 6.45) is -0.154. The zero-order valence-electron chi connectivity index (χ0n) is 19.7. The number of hydrogen-bond donors (Lipinski definition) is 2. The number of amides is 1. The van der Waals surface area contributed by atoms with Gasteiger partial charge in [-0.25, -0.2) is 4.79 Å². The van der Waals surface area contributed by atoms with Crippen LogP contribution in [-0.4, -0.2) is 70.8 Å². The number of aliphatic hydroxyl groups is 1. The molecule has 0 heterocycles. The molecule has 9 heteroatoms. The van der Waals surface area contributed by atoms with Gasteiger partial charge in [-0.2, -0.15) is 0 Å². The molecule has 2 aromatic carbocycles. The lowest BCUT2D eigenvalue weighted by molar-refractivity contribution is 0.0639. The highest BCUT2D eigenvalue weighted by molar-refractivity contribution is 5.68. The molecule has 1 atom stereocenters. The van der Waals surface area contributed by atoms with Crippen LogP contribution in [0.3, 0.4) is 0 Å². The van der Waals surface area contributed by atoms with Crippen molar-refractivity contribution in [2.24, 2.45) is 5.73 Å². The van der Waals surface area contributed by atoms with Crippen LogP contribution in [0, 0.1) is 0 Å². The molecule has 0 aliphatic heterocycles. The third-order valence-electron chi connectivity index (χ3n) is 5.20. The molecule has 3 N–H and O–H groups in total. The molecule has 0 fully saturated rings. The van der Waals surface area contributed by atoms with Crippen LogP contribution in [0.2, 0.25) is 0 Å². The maximum absolute atomic E-state index is 13.0. The molecule has 182 valence electrons. The van der Waals surface area contributed by atoms with E-state index < -0.39 is 12.2 Å². The van der Waals surface area contributed by atoms with Crippen molar-refractivity contribution in [1.29, 1.82) is 0 Å². The van der Waals surface area contributed by atoms with E-state index in [4.69, 9.17) is 29.4 Å². The summed E-state index contributed by atoms with van der Waals surface area (Å²) in [5.41, 5.74) is 7.58. The van der Waals surface area contributed by atoms with Crippen molar-refractivity contribution in [2.45, 2.75) is 18.9 Å². The highest BCUT2D eigenvalue weighted by Gasteiger charge is 2.22. The van der Waals surface area contributed by atoms with Crippen molar-refractivity contribution in [3.05, 3.63) is 47.5 Å². The number of nitrogens with zero attached hydrogens (tertiary/aromatic N) is 1. The minimum atomic E-state index is -0.657. The number of benzene rings is 2. The number of carbonyl (C=O) groups excluding carboxylic acids is 1. The summed E-state index contributed by atoms with van der Waals surface area (Å²) >= 11 is 0. The molecule has 0 bridgehead atoms. The van der Waals surface area contributed by atoms with Gasteiger partial charge in [0.1, 0.15) is 6.10 Å². The number of nitrogens with two attached hydrogens (primary N) is 1. The van der Waals surface area contributed by atoms with Crippen LogP contribution >= 0.6 is 0 Å². The third-order valence-corrected chi connectivity index (χ3v) is 5.20. The highest BCUT2D eigenvalue weighted by atomic mass is 16.6. The number of aliphatic hydroxyl groups excluding tert-OH is 1. The Kier molecular flexibility index (Phi) is 10.6. The van der Waals surface area contributed by atoms with Crippen molar-refractivity contribution >= 4 is 6.09 Å². The molecule has 1 amide bonds. The van der Waals surface area contributed by atoms with Gasteiger partial charge >= 0.3 is 6.09 Å². The lowest BCUT2D eigenvalue weighted by atomic mass is 10.1. The molecule has 0 aliphatic carbocycles. The fourth-order valence-electron chi connectivity index (χ4n) is 3.36. The zero-order valence-corrected chi connectivity index (χ0v) is 19.7. The Labute approximate surface area is 194 Å². The van der Waals surface area contributed by atoms with Crippen molar-refractivity contribution in [3.8, 4) is 23.0 Å². The van der Waals surface area contributed by atoms with E-state index >= 15 is 0 Å². The van der Waals surface area contributed by atoms with Crippen LogP contribution in [0.25, 0.3) is 0 Å². The molecule has 0 aromatic heterocycles. The molecule has 0 saturated heterocycles. The lowest BCUT2D eigenvalue weighted by Gasteiger charge is -2.25. The minimum absolute atomic E-state index is 0.0316. The largest absolute Gasteiger partial charge is 0.493 e. The molecule has 1 unspecified atom stereocenters. The van der Waals surface area contributed by atoms with Crippen molar-refractivity contribution < 1.29 is 33.6 Å². The first-order chi connectivity index (χ1) is 16.0. The third kappa shape index (κ3) is 7.16. The van der Waals surface area contributed by atoms with Gasteiger partial charge in [0.25, 0.3) is 0 Å². The fraction of sp³-hybridized carbons (Fsp3) is 0.458. The van der Waals surface area contributed by atoms with Gasteiger partial charge in [-0.1, -0.05) is 12.1 Å². The number of methoxy groups -OCH3 is 4. The lowest BCUT2D eigenvalue weighted by Crippen LogP contribution is -2.36. The van der Waals surface area contributed by atoms with Crippen molar-refractivity contribution in [2.75, 3.05) is 54.7 Å². The molecule has 2 rings (SSSR count). The van der Waals surface area contributed by atoms with E-state index in [-0.39, 0.29) is 13.2 Å². The normalized spacial score (nSPS) is 11.5. The summed E-state index contributed by atoms with van der Waals surface area (Å²) in [6, 6.07) is 10.9. The average molecular weight is 463 g/mol. The Morgan fingerprint density at radius 3 is 2.09 bits per heavy atom. The summed E-state index contributed by atoms with van der Waals surface area (Å²) in [5, 5.41) is 9.27. The predicted molar refractivity (Wildman–Crippen MR) is 124 cm³/mol. The maximum Gasteiger partial charge on any atom is 0.410 e. The summed E-state index contributed by atoms with van der Waals surface area (Å²) < 4.78 is 26.9. The minimum Gasteiger partial charge on any atom is -0.493 e. The number of rotatable bonds is 13. The van der Waals surface area contributed by atoms with E-state index in [0.717, 1.165) is 5.56 Å². The van der Waals surface area contributed by atoms with E-state index in [1.807, 2.05) is 18.2 Å². The SMILES string of the molecule is COc1ccc(CCN(CCCO)C(=O)OC(CN)c2ccc(OC)c(OC)c2)cc1OC. The Hall–Kier alpha value is -3.17. The molecule has 9 nitrogen and oxygen atoms in total. The zero-order chi connectivity index (χ0) is 24.2. The van der Waals surface area contributed by atoms with Gasteiger partial charge in [-0.05, 0) is 48.2 Å². The topological polar surface area (TPSA) is 113 Å². The number of hydrogen-bond acceptors (Lipinski definition) is 8. The first-order valence-electron chi connectivity index (χ1n) is 10.7. The molecular formula is C24H34N2O7. The fourth-order valence-corrected chi connectivity index (χ4v) is 3.36. The van der Waals surface area contributed by atoms with Gasteiger partial charge in [-0.3, -0.25) is 0 Å². The smallest absolute Gasteiger partial charge is 0.410 e. The number of carbonyl (C=O) groups is 1. The molecule has 0 spiro atoms. The maximum atomic E-state index is 13.0. The Balaban J connectivity index is 2.12. The van der Waals surface area contributed by atoms with Crippen LogP contribution in [0.5, 0.6) is 23.0 Å². The van der Waals surface area contributed by atoms with Crippen molar-refractivity contribution in [3.63, 3.8) is 0 Å². The first kappa shape index (κ1) is 26.1. The highest BCUT2D eigenvalue weighted by Crippen LogP contribution is 2.31. The standard InChI is InChI=1S/C24H34N2O7/c1-29-19-8-6-17(14-21(19)31-3)10-12-26(11-5-13-27)24(28)33-23(16-25)18-7-9-20(30-2)22(15-18)32-4/h6-9,14-15,23,27H,5,10-13,16,25H2,1-4H3. The Morgan fingerprint density at radius 2 is 1.52 bits per heavy atom. The Bertz CT molecular complexity index is 891. The molecule has 33 heavy (non-hydrogen) atoms. The van der Waals surface area contributed by atoms with E-state index in [1.54, 1.807) is 44.4 Å². The summed E-state index contributed by atoms with van der Waals surface area (Å²) in [6.45, 7) is 0.824. The molecule has 0 saturated carbocycles.